The molecule has 1 fully saturated rings. The van der Waals surface area contributed by atoms with E-state index in [1.165, 1.54) is 6.08 Å². The highest BCUT2D eigenvalue weighted by atomic mass is 19.1. The van der Waals surface area contributed by atoms with Gasteiger partial charge in [0.05, 0.1) is 19.6 Å². The van der Waals surface area contributed by atoms with E-state index in [4.69, 9.17) is 9.47 Å². The van der Waals surface area contributed by atoms with Crippen LogP contribution < -0.4 is 19.7 Å². The minimum Gasteiger partial charge on any atom is -0.497 e. The topological polar surface area (TPSA) is 50.8 Å². The summed E-state index contributed by atoms with van der Waals surface area (Å²) in [5, 5.41) is 2.96. The largest absolute Gasteiger partial charge is 0.497 e. The third-order valence-corrected chi connectivity index (χ3v) is 5.49. The van der Waals surface area contributed by atoms with E-state index >= 15 is 4.39 Å². The lowest BCUT2D eigenvalue weighted by atomic mass is 9.80. The summed E-state index contributed by atoms with van der Waals surface area (Å²) in [5.41, 5.74) is 0.0342. The molecule has 0 aliphatic carbocycles. The van der Waals surface area contributed by atoms with Gasteiger partial charge < -0.3 is 19.7 Å². The van der Waals surface area contributed by atoms with Crippen molar-refractivity contribution in [3.8, 4) is 11.5 Å². The highest BCUT2D eigenvalue weighted by Crippen LogP contribution is 2.49. The van der Waals surface area contributed by atoms with Crippen molar-refractivity contribution in [2.24, 2.45) is 5.41 Å². The van der Waals surface area contributed by atoms with Crippen LogP contribution in [0.4, 0.5) is 10.1 Å². The molecule has 0 bridgehead atoms. The molecule has 28 heavy (non-hydrogen) atoms. The number of fused-ring (bicyclic) bond motifs is 3. The van der Waals surface area contributed by atoms with Crippen molar-refractivity contribution in [2.75, 3.05) is 25.7 Å². The van der Waals surface area contributed by atoms with Crippen LogP contribution in [0.15, 0.2) is 48.3 Å². The molecule has 2 aliphatic heterocycles. The van der Waals surface area contributed by atoms with Gasteiger partial charge in [0.15, 0.2) is 11.5 Å². The number of amides is 1. The first-order chi connectivity index (χ1) is 13.3. The minimum absolute atomic E-state index is 0.214. The maximum atomic E-state index is 15.8. The number of nitrogens with one attached hydrogen (secondary N) is 1. The number of nitrogens with zero attached hydrogens (tertiary/aromatic N) is 1. The van der Waals surface area contributed by atoms with Gasteiger partial charge in [0.1, 0.15) is 11.5 Å². The number of carbonyl (C=O) groups is 1. The molecule has 0 saturated carbocycles. The van der Waals surface area contributed by atoms with Crippen molar-refractivity contribution in [1.82, 2.24) is 5.32 Å². The van der Waals surface area contributed by atoms with Gasteiger partial charge in [-0.25, -0.2) is 4.39 Å². The SMILES string of the molecule is COc1cc(OC)cc(C23NC(=O)C(C)(C)CN2c2ccccc2C=C3F)c1. The fourth-order valence-corrected chi connectivity index (χ4v) is 3.92. The van der Waals surface area contributed by atoms with Gasteiger partial charge in [-0.05, 0) is 38.1 Å². The quantitative estimate of drug-likeness (QED) is 0.876. The van der Waals surface area contributed by atoms with Gasteiger partial charge in [-0.2, -0.15) is 0 Å². The van der Waals surface area contributed by atoms with Gasteiger partial charge in [0, 0.05) is 29.4 Å². The Morgan fingerprint density at radius 2 is 1.71 bits per heavy atom. The highest BCUT2D eigenvalue weighted by molar-refractivity contribution is 5.89. The van der Waals surface area contributed by atoms with Crippen LogP contribution >= 0.6 is 0 Å². The van der Waals surface area contributed by atoms with Crippen LogP contribution in [0.1, 0.15) is 25.0 Å². The Morgan fingerprint density at radius 1 is 1.07 bits per heavy atom. The molecule has 5 nitrogen and oxygen atoms in total. The summed E-state index contributed by atoms with van der Waals surface area (Å²) in [5.74, 6) is 0.377. The van der Waals surface area contributed by atoms with Crippen molar-refractivity contribution in [1.29, 1.82) is 0 Å². The zero-order chi connectivity index (χ0) is 20.1. The number of hydrogen-bond acceptors (Lipinski definition) is 4. The maximum Gasteiger partial charge on any atom is 0.229 e. The number of halogens is 1. The number of methoxy groups -OCH3 is 2. The van der Waals surface area contributed by atoms with Crippen molar-refractivity contribution in [2.45, 2.75) is 19.5 Å². The van der Waals surface area contributed by atoms with E-state index in [9.17, 15) is 4.79 Å². The Morgan fingerprint density at radius 3 is 2.36 bits per heavy atom. The lowest BCUT2D eigenvalue weighted by Gasteiger charge is -2.54. The second-order valence-corrected chi connectivity index (χ2v) is 7.79. The van der Waals surface area contributed by atoms with Crippen molar-refractivity contribution in [3.63, 3.8) is 0 Å². The Kier molecular flexibility index (Phi) is 4.10. The molecule has 1 N–H and O–H groups in total. The van der Waals surface area contributed by atoms with E-state index in [2.05, 4.69) is 5.32 Å². The van der Waals surface area contributed by atoms with E-state index in [1.807, 2.05) is 43.0 Å². The molecule has 2 aliphatic rings. The van der Waals surface area contributed by atoms with Gasteiger partial charge >= 0.3 is 0 Å². The Hall–Kier alpha value is -3.02. The second kappa shape index (κ2) is 6.26. The van der Waals surface area contributed by atoms with Gasteiger partial charge in [-0.15, -0.1) is 0 Å². The molecule has 2 aromatic carbocycles. The van der Waals surface area contributed by atoms with Crippen LogP contribution in [0, 0.1) is 5.41 Å². The first-order valence-corrected chi connectivity index (χ1v) is 9.12. The molecular weight excluding hydrogens is 359 g/mol. The number of para-hydroxylation sites is 1. The van der Waals surface area contributed by atoms with Crippen LogP contribution in [-0.4, -0.2) is 26.7 Å². The summed E-state index contributed by atoms with van der Waals surface area (Å²) in [6.07, 6.45) is 1.48. The summed E-state index contributed by atoms with van der Waals surface area (Å²) in [6.45, 7) is 4.07. The highest BCUT2D eigenvalue weighted by Gasteiger charge is 2.55. The number of rotatable bonds is 3. The lowest BCUT2D eigenvalue weighted by molar-refractivity contribution is -0.133. The lowest BCUT2D eigenvalue weighted by Crippen LogP contribution is -2.69. The third kappa shape index (κ3) is 2.55. The molecule has 1 saturated heterocycles. The summed E-state index contributed by atoms with van der Waals surface area (Å²) in [4.78, 5) is 14.8. The van der Waals surface area contributed by atoms with E-state index in [0.717, 1.165) is 11.3 Å². The third-order valence-electron chi connectivity index (χ3n) is 5.49. The van der Waals surface area contributed by atoms with Crippen molar-refractivity contribution >= 4 is 17.7 Å². The summed E-state index contributed by atoms with van der Waals surface area (Å²) < 4.78 is 26.5. The van der Waals surface area contributed by atoms with Crippen LogP contribution in [0.5, 0.6) is 11.5 Å². The Bertz CT molecular complexity index is 963. The molecule has 1 unspecified atom stereocenters. The van der Waals surface area contributed by atoms with Gasteiger partial charge in [0.25, 0.3) is 0 Å². The van der Waals surface area contributed by atoms with Crippen molar-refractivity contribution < 1.29 is 18.7 Å². The molecule has 1 amide bonds. The van der Waals surface area contributed by atoms with Gasteiger partial charge in [0.2, 0.25) is 5.91 Å². The number of anilines is 1. The predicted octanol–water partition coefficient (Wildman–Crippen LogP) is 3.84. The summed E-state index contributed by atoms with van der Waals surface area (Å²) >= 11 is 0. The first kappa shape index (κ1) is 18.3. The number of ether oxygens (including phenoxy) is 2. The average molecular weight is 382 g/mol. The van der Waals surface area contributed by atoms with E-state index in [0.29, 0.717) is 23.6 Å². The second-order valence-electron chi connectivity index (χ2n) is 7.79. The zero-order valence-corrected chi connectivity index (χ0v) is 16.4. The zero-order valence-electron chi connectivity index (χ0n) is 16.4. The normalized spacial score (nSPS) is 22.5. The van der Waals surface area contributed by atoms with E-state index in [-0.39, 0.29) is 5.91 Å². The molecular formula is C22H23FN2O3. The molecule has 0 spiro atoms. The average Bonchev–Trinajstić information content (AvgIpc) is 2.69. The molecule has 0 radical (unpaired) electrons. The molecule has 2 heterocycles. The monoisotopic (exact) mass is 382 g/mol. The molecule has 0 aromatic heterocycles. The molecule has 2 aromatic rings. The van der Waals surface area contributed by atoms with Gasteiger partial charge in [-0.3, -0.25) is 4.79 Å². The predicted molar refractivity (Wildman–Crippen MR) is 106 cm³/mol. The van der Waals surface area contributed by atoms with Crippen LogP contribution in [0.3, 0.4) is 0 Å². The summed E-state index contributed by atoms with van der Waals surface area (Å²) in [6, 6.07) is 12.8. The van der Waals surface area contributed by atoms with Crippen LogP contribution in [-0.2, 0) is 10.5 Å². The number of carbonyl (C=O) groups excluding carboxylic acids is 1. The minimum atomic E-state index is -1.46. The number of hydrogen-bond donors (Lipinski definition) is 1. The number of benzene rings is 2. The maximum absolute atomic E-state index is 15.8. The van der Waals surface area contributed by atoms with Crippen molar-refractivity contribution in [3.05, 3.63) is 59.4 Å². The first-order valence-electron chi connectivity index (χ1n) is 9.12. The Labute approximate surface area is 163 Å². The fourth-order valence-electron chi connectivity index (χ4n) is 3.92. The van der Waals surface area contributed by atoms with Gasteiger partial charge in [-0.1, -0.05) is 18.2 Å². The van der Waals surface area contributed by atoms with Crippen LogP contribution in [0.25, 0.3) is 6.08 Å². The van der Waals surface area contributed by atoms with E-state index < -0.39 is 16.9 Å². The standard InChI is InChI=1S/C22H23FN2O3/c1-21(2)13-25-18-8-6-5-7-14(18)9-19(23)22(25,24-20(21)26)15-10-16(27-3)12-17(11-15)28-4/h5-12H,13H2,1-4H3,(H,24,26). The van der Waals surface area contributed by atoms with Crippen LogP contribution in [0.2, 0.25) is 0 Å². The van der Waals surface area contributed by atoms with E-state index in [1.54, 1.807) is 32.4 Å². The molecule has 4 rings (SSSR count). The summed E-state index contributed by atoms with van der Waals surface area (Å²) in [7, 11) is 3.08. The Balaban J connectivity index is 2.00. The smallest absolute Gasteiger partial charge is 0.229 e. The molecule has 6 heteroatoms. The fraction of sp³-hybridized carbons (Fsp3) is 0.318. The molecule has 146 valence electrons. The molecule has 1 atom stereocenters.